The Hall–Kier alpha value is -1.39. The molecule has 17 heteroatoms. The Bertz CT molecular complexity index is 1370. The van der Waals surface area contributed by atoms with Crippen molar-refractivity contribution in [2.75, 3.05) is 19.8 Å². The van der Waals surface area contributed by atoms with Crippen molar-refractivity contribution in [3.05, 3.63) is 12.2 Å². The van der Waals surface area contributed by atoms with Gasteiger partial charge in [0.25, 0.3) is 0 Å². The Morgan fingerprint density at radius 2 is 0.907 bits per heavy atom. The Balaban J connectivity index is 1.89. The fourth-order valence-corrected chi connectivity index (χ4v) is 10.2. The van der Waals surface area contributed by atoms with Gasteiger partial charge in [-0.25, -0.2) is 0 Å². The second-order valence-electron chi connectivity index (χ2n) is 21.9. The van der Waals surface area contributed by atoms with Crippen molar-refractivity contribution in [1.82, 2.24) is 5.32 Å². The Morgan fingerprint density at radius 3 is 1.39 bits per heavy atom. The molecule has 0 radical (unpaired) electrons. The summed E-state index contributed by atoms with van der Waals surface area (Å²) in [6.07, 6.45) is 20.1. The quantitative estimate of drug-likeness (QED) is 0.0220. The molecule has 0 bridgehead atoms. The molecule has 0 saturated carbocycles. The fraction of sp³-hybridized carbons (Fsp3) is 0.948. The van der Waals surface area contributed by atoms with Crippen LogP contribution < -0.4 is 5.32 Å². The van der Waals surface area contributed by atoms with Crippen LogP contribution in [0.15, 0.2) is 12.2 Å². The molecule has 12 N–H and O–H groups in total. The Labute approximate surface area is 452 Å². The first-order valence-corrected chi connectivity index (χ1v) is 30.2. The van der Waals surface area contributed by atoms with Gasteiger partial charge in [-0.1, -0.05) is 212 Å². The maximum atomic E-state index is 13.4. The number of carbonyl (C=O) groups excluding carboxylic acids is 1. The van der Waals surface area contributed by atoms with Crippen LogP contribution in [-0.2, 0) is 23.7 Å². The lowest BCUT2D eigenvalue weighted by atomic mass is 9.96. The smallest absolute Gasteiger partial charge is 0.249 e. The number of amides is 1. The summed E-state index contributed by atoms with van der Waals surface area (Å²) in [6.45, 7) is 2.34. The number of ether oxygens (including phenoxy) is 4. The highest BCUT2D eigenvalue weighted by molar-refractivity contribution is 5.80. The lowest BCUT2D eigenvalue weighted by molar-refractivity contribution is -0.360. The van der Waals surface area contributed by atoms with Gasteiger partial charge in [0.1, 0.15) is 54.9 Å². The van der Waals surface area contributed by atoms with Gasteiger partial charge in [-0.3, -0.25) is 4.79 Å². The monoisotopic (exact) mass is 1080 g/mol. The molecule has 0 spiro atoms. The third kappa shape index (κ3) is 30.1. The molecule has 0 aromatic carbocycles. The van der Waals surface area contributed by atoms with Crippen molar-refractivity contribution in [2.45, 2.75) is 330 Å². The van der Waals surface area contributed by atoms with Crippen molar-refractivity contribution in [2.24, 2.45) is 0 Å². The summed E-state index contributed by atoms with van der Waals surface area (Å²) >= 11 is 0. The molecule has 75 heavy (non-hydrogen) atoms. The van der Waals surface area contributed by atoms with Gasteiger partial charge < -0.3 is 80.4 Å². The van der Waals surface area contributed by atoms with E-state index in [1.54, 1.807) is 0 Å². The van der Waals surface area contributed by atoms with Crippen molar-refractivity contribution in [3.63, 3.8) is 0 Å². The minimum absolute atomic E-state index is 0.166. The molecular weight excluding hydrogens is 967 g/mol. The van der Waals surface area contributed by atoms with E-state index in [9.17, 15) is 61.0 Å². The average Bonchev–Trinajstić information content (AvgIpc) is 3.40. The van der Waals surface area contributed by atoms with Crippen molar-refractivity contribution < 1.29 is 79.9 Å². The van der Waals surface area contributed by atoms with E-state index in [1.165, 1.54) is 154 Å². The molecule has 2 aliphatic heterocycles. The van der Waals surface area contributed by atoms with Gasteiger partial charge in [0.05, 0.1) is 44.2 Å². The molecule has 2 heterocycles. The second-order valence-corrected chi connectivity index (χ2v) is 21.9. The highest BCUT2D eigenvalue weighted by atomic mass is 16.7. The van der Waals surface area contributed by atoms with Gasteiger partial charge in [0.15, 0.2) is 12.6 Å². The van der Waals surface area contributed by atoms with Gasteiger partial charge in [0.2, 0.25) is 5.91 Å². The Kier molecular flexibility index (Phi) is 41.2. The molecule has 15 atom stereocenters. The zero-order valence-corrected chi connectivity index (χ0v) is 46.6. The number of hydrogen-bond donors (Lipinski definition) is 12. The SMILES string of the molecule is CCCCCCCCCCCCCCCCCC/C=C/CCC(O)C(O)CC(O)C(CO[C@@H]1O[C@H](CO)[C@@H](O)[C@H](O[C@@H]2O[C@H](CO)[C@@H](O)[C@H](O)[C@H]2O)[C@H]1O)NC(=O)C(O)CCCCCCCCCCCCCCCC. The summed E-state index contributed by atoms with van der Waals surface area (Å²) in [6, 6.07) is -1.33. The largest absolute Gasteiger partial charge is 0.394 e. The number of carbonyl (C=O) groups is 1. The van der Waals surface area contributed by atoms with E-state index in [-0.39, 0.29) is 12.8 Å². The lowest BCUT2D eigenvalue weighted by Crippen LogP contribution is -2.65. The van der Waals surface area contributed by atoms with Gasteiger partial charge in [0, 0.05) is 6.42 Å². The van der Waals surface area contributed by atoms with Crippen LogP contribution in [0.5, 0.6) is 0 Å². The minimum Gasteiger partial charge on any atom is -0.394 e. The topological polar surface area (TPSA) is 289 Å². The summed E-state index contributed by atoms with van der Waals surface area (Å²) in [5.74, 6) is -0.806. The number of aliphatic hydroxyl groups excluding tert-OH is 11. The fourth-order valence-electron chi connectivity index (χ4n) is 10.2. The van der Waals surface area contributed by atoms with E-state index in [0.717, 1.165) is 38.5 Å². The van der Waals surface area contributed by atoms with Crippen molar-refractivity contribution in [1.29, 1.82) is 0 Å². The van der Waals surface area contributed by atoms with Crippen LogP contribution in [0.25, 0.3) is 0 Å². The molecule has 0 aromatic heterocycles. The highest BCUT2D eigenvalue weighted by Crippen LogP contribution is 2.30. The second kappa shape index (κ2) is 44.4. The first-order chi connectivity index (χ1) is 36.3. The number of rotatable bonds is 48. The normalized spacial score (nSPS) is 26.4. The molecule has 2 rings (SSSR count). The van der Waals surface area contributed by atoms with Crippen LogP contribution >= 0.6 is 0 Å². The molecule has 2 aliphatic rings. The molecular formula is C58H111NO16. The number of unbranched alkanes of at least 4 members (excludes halogenated alkanes) is 29. The molecule has 2 saturated heterocycles. The predicted molar refractivity (Wildman–Crippen MR) is 290 cm³/mol. The number of aliphatic hydroxyl groups is 11. The third-order valence-corrected chi connectivity index (χ3v) is 15.3. The van der Waals surface area contributed by atoms with Gasteiger partial charge >= 0.3 is 0 Å². The number of allylic oxidation sites excluding steroid dienone is 2. The zero-order valence-electron chi connectivity index (χ0n) is 46.6. The molecule has 0 aromatic rings. The van der Waals surface area contributed by atoms with Crippen LogP contribution in [0.2, 0.25) is 0 Å². The van der Waals surface area contributed by atoms with Crippen molar-refractivity contribution in [3.8, 4) is 0 Å². The highest BCUT2D eigenvalue weighted by Gasteiger charge is 2.51. The molecule has 444 valence electrons. The summed E-state index contributed by atoms with van der Waals surface area (Å²) in [5.41, 5.74) is 0. The summed E-state index contributed by atoms with van der Waals surface area (Å²) in [5, 5.41) is 120. The first kappa shape index (κ1) is 69.7. The van der Waals surface area contributed by atoms with Gasteiger partial charge in [-0.15, -0.1) is 0 Å². The molecule has 0 aliphatic carbocycles. The van der Waals surface area contributed by atoms with Crippen molar-refractivity contribution >= 4 is 5.91 Å². The minimum atomic E-state index is -1.88. The zero-order chi connectivity index (χ0) is 55.1. The maximum absolute atomic E-state index is 13.4. The standard InChI is InChI=1S/C58H111NO16/c1-3-5-7-9-11-13-15-17-19-20-21-22-23-24-26-27-29-31-33-35-37-44(62)47(65)39-46(64)43(59-56(71)45(63)38-36-34-32-30-28-25-18-16-14-12-10-8-6-4-2)42-72-57-54(70)55(51(67)49(41-61)73-57)75-58-53(69)52(68)50(66)48(40-60)74-58/h31,33,43-55,57-58,60-70H,3-30,32,34-42H2,1-2H3,(H,59,71)/b33-31+/t43?,44?,45?,46?,47?,48-,49-,50-,51-,52+,53-,54-,55+,57-,58+/m1/s1. The van der Waals surface area contributed by atoms with E-state index in [1.807, 2.05) is 6.08 Å². The summed E-state index contributed by atoms with van der Waals surface area (Å²) in [7, 11) is 0. The lowest BCUT2D eigenvalue weighted by Gasteiger charge is -2.46. The van der Waals surface area contributed by atoms with E-state index >= 15 is 0 Å². The maximum Gasteiger partial charge on any atom is 0.249 e. The van der Waals surface area contributed by atoms with Crippen LogP contribution in [-0.4, -0.2) is 174 Å². The van der Waals surface area contributed by atoms with Crippen LogP contribution in [0.1, 0.15) is 239 Å². The number of nitrogens with one attached hydrogen (secondary N) is 1. The van der Waals surface area contributed by atoms with E-state index in [0.29, 0.717) is 12.8 Å². The van der Waals surface area contributed by atoms with E-state index in [2.05, 4.69) is 25.2 Å². The molecule has 1 amide bonds. The van der Waals surface area contributed by atoms with Crippen LogP contribution in [0.3, 0.4) is 0 Å². The van der Waals surface area contributed by atoms with Crippen LogP contribution in [0, 0.1) is 0 Å². The first-order valence-electron chi connectivity index (χ1n) is 30.2. The summed E-state index contributed by atoms with van der Waals surface area (Å²) in [4.78, 5) is 13.4. The van der Waals surface area contributed by atoms with Gasteiger partial charge in [-0.2, -0.15) is 0 Å². The van der Waals surface area contributed by atoms with Crippen LogP contribution in [0.4, 0.5) is 0 Å². The third-order valence-electron chi connectivity index (χ3n) is 15.3. The van der Waals surface area contributed by atoms with E-state index < -0.39 is 124 Å². The number of hydrogen-bond acceptors (Lipinski definition) is 16. The Morgan fingerprint density at radius 1 is 0.480 bits per heavy atom. The molecule has 17 nitrogen and oxygen atoms in total. The molecule has 5 unspecified atom stereocenters. The van der Waals surface area contributed by atoms with E-state index in [4.69, 9.17) is 18.9 Å². The summed E-state index contributed by atoms with van der Waals surface area (Å²) < 4.78 is 22.6. The van der Waals surface area contributed by atoms with Gasteiger partial charge in [-0.05, 0) is 32.1 Å². The molecule has 2 fully saturated rings. The average molecular weight is 1080 g/mol. The predicted octanol–water partition coefficient (Wildman–Crippen LogP) is 6.81.